The third-order valence-corrected chi connectivity index (χ3v) is 4.40. The van der Waals surface area contributed by atoms with Gasteiger partial charge in [0.1, 0.15) is 5.15 Å². The summed E-state index contributed by atoms with van der Waals surface area (Å²) in [6.07, 6.45) is 1.82. The summed E-state index contributed by atoms with van der Waals surface area (Å²) in [6, 6.07) is 3.84. The highest BCUT2D eigenvalue weighted by Gasteiger charge is 2.12. The number of aryl methyl sites for hydroxylation is 1. The van der Waals surface area contributed by atoms with Crippen LogP contribution in [0.4, 0.5) is 0 Å². The smallest absolute Gasteiger partial charge is 0.168 e. The fraction of sp³-hybridized carbons (Fsp3) is 0.467. The van der Waals surface area contributed by atoms with E-state index in [1.165, 1.54) is 5.69 Å². The fourth-order valence-electron chi connectivity index (χ4n) is 1.95. The molecule has 0 aliphatic heterocycles. The van der Waals surface area contributed by atoms with Gasteiger partial charge in [-0.3, -0.25) is 0 Å². The van der Waals surface area contributed by atoms with Crippen molar-refractivity contribution in [1.29, 1.82) is 0 Å². The summed E-state index contributed by atoms with van der Waals surface area (Å²) in [5, 5.41) is 1.62. The first-order valence-corrected chi connectivity index (χ1v) is 8.10. The van der Waals surface area contributed by atoms with Crippen molar-refractivity contribution in [3.63, 3.8) is 0 Å². The molecule has 0 N–H and O–H groups in total. The predicted molar refractivity (Wildman–Crippen MR) is 85.3 cm³/mol. The van der Waals surface area contributed by atoms with E-state index in [1.807, 2.05) is 18.3 Å². The molecule has 0 atom stereocenters. The van der Waals surface area contributed by atoms with E-state index in [0.717, 1.165) is 28.7 Å². The van der Waals surface area contributed by atoms with E-state index in [-0.39, 0.29) is 0 Å². The lowest BCUT2D eigenvalue weighted by Gasteiger charge is -2.12. The first kappa shape index (κ1) is 15.4. The standard InChI is InChI=1S/C15H20ClN3S/c1-10(2)8-19-12(4)11(3)18-15(19)20-9-13-5-6-14(16)17-7-13/h5-7,10H,8-9H2,1-4H3. The summed E-state index contributed by atoms with van der Waals surface area (Å²) >= 11 is 7.55. The van der Waals surface area contributed by atoms with Crippen LogP contribution in [0.1, 0.15) is 30.8 Å². The molecule has 20 heavy (non-hydrogen) atoms. The molecule has 2 aromatic rings. The average molecular weight is 310 g/mol. The largest absolute Gasteiger partial charge is 0.323 e. The van der Waals surface area contributed by atoms with Crippen molar-refractivity contribution < 1.29 is 0 Å². The van der Waals surface area contributed by atoms with E-state index in [0.29, 0.717) is 11.1 Å². The summed E-state index contributed by atoms with van der Waals surface area (Å²) in [6.45, 7) is 9.67. The lowest BCUT2D eigenvalue weighted by atomic mass is 10.2. The molecular formula is C15H20ClN3S. The molecule has 0 unspecified atom stereocenters. The molecule has 0 fully saturated rings. The van der Waals surface area contributed by atoms with Crippen molar-refractivity contribution in [1.82, 2.24) is 14.5 Å². The Bertz CT molecular complexity index is 576. The molecule has 5 heteroatoms. The van der Waals surface area contributed by atoms with Crippen LogP contribution < -0.4 is 0 Å². The van der Waals surface area contributed by atoms with Crippen LogP contribution in [-0.2, 0) is 12.3 Å². The van der Waals surface area contributed by atoms with Gasteiger partial charge >= 0.3 is 0 Å². The van der Waals surface area contributed by atoms with Crippen molar-refractivity contribution in [2.75, 3.05) is 0 Å². The zero-order valence-corrected chi connectivity index (χ0v) is 13.9. The minimum Gasteiger partial charge on any atom is -0.323 e. The SMILES string of the molecule is Cc1nc(SCc2ccc(Cl)nc2)n(CC(C)C)c1C. The molecule has 3 nitrogen and oxygen atoms in total. The normalized spacial score (nSPS) is 11.3. The average Bonchev–Trinajstić information content (AvgIpc) is 2.65. The van der Waals surface area contributed by atoms with Gasteiger partial charge in [0.05, 0.1) is 5.69 Å². The third kappa shape index (κ3) is 3.76. The van der Waals surface area contributed by atoms with Crippen molar-refractivity contribution in [3.8, 4) is 0 Å². The Morgan fingerprint density at radius 3 is 2.65 bits per heavy atom. The zero-order chi connectivity index (χ0) is 14.7. The molecule has 0 spiro atoms. The summed E-state index contributed by atoms with van der Waals surface area (Å²) in [5.41, 5.74) is 3.53. The molecule has 0 aromatic carbocycles. The van der Waals surface area contributed by atoms with E-state index >= 15 is 0 Å². The lowest BCUT2D eigenvalue weighted by molar-refractivity contribution is 0.486. The van der Waals surface area contributed by atoms with Gasteiger partial charge in [-0.25, -0.2) is 9.97 Å². The number of nitrogens with zero attached hydrogens (tertiary/aromatic N) is 3. The molecule has 0 saturated heterocycles. The fourth-order valence-corrected chi connectivity index (χ4v) is 3.10. The summed E-state index contributed by atoms with van der Waals surface area (Å²) < 4.78 is 2.31. The van der Waals surface area contributed by atoms with Gasteiger partial charge in [-0.2, -0.15) is 0 Å². The molecule has 0 amide bonds. The molecule has 2 aromatic heterocycles. The van der Waals surface area contributed by atoms with Crippen LogP contribution in [-0.4, -0.2) is 14.5 Å². The predicted octanol–water partition coefficient (Wildman–Crippen LogP) is 4.50. The number of hydrogen-bond acceptors (Lipinski definition) is 3. The molecule has 0 radical (unpaired) electrons. The monoisotopic (exact) mass is 309 g/mol. The number of imidazole rings is 1. The number of halogens is 1. The van der Waals surface area contributed by atoms with Gasteiger partial charge in [-0.15, -0.1) is 0 Å². The minimum absolute atomic E-state index is 0.534. The second-order valence-corrected chi connectivity index (χ2v) is 6.68. The van der Waals surface area contributed by atoms with Crippen LogP contribution in [0.5, 0.6) is 0 Å². The van der Waals surface area contributed by atoms with Gasteiger partial charge in [-0.1, -0.05) is 43.3 Å². The number of thioether (sulfide) groups is 1. The van der Waals surface area contributed by atoms with E-state index < -0.39 is 0 Å². The zero-order valence-electron chi connectivity index (χ0n) is 12.4. The van der Waals surface area contributed by atoms with Crippen LogP contribution >= 0.6 is 23.4 Å². The maximum Gasteiger partial charge on any atom is 0.168 e. The highest BCUT2D eigenvalue weighted by Crippen LogP contribution is 2.25. The maximum atomic E-state index is 5.80. The Kier molecular flexibility index (Phi) is 5.11. The van der Waals surface area contributed by atoms with Gasteiger partial charge in [0, 0.05) is 24.2 Å². The molecule has 2 heterocycles. The molecule has 0 aliphatic carbocycles. The molecule has 0 bridgehead atoms. The molecule has 0 aliphatic rings. The summed E-state index contributed by atoms with van der Waals surface area (Å²) in [5.74, 6) is 1.47. The van der Waals surface area contributed by atoms with Crippen LogP contribution in [0, 0.1) is 19.8 Å². The Hall–Kier alpha value is -1.00. The Balaban J connectivity index is 2.12. The quantitative estimate of drug-likeness (QED) is 0.602. The van der Waals surface area contributed by atoms with Crippen molar-refractivity contribution in [2.45, 2.75) is 45.1 Å². The highest BCUT2D eigenvalue weighted by molar-refractivity contribution is 7.98. The first-order valence-electron chi connectivity index (χ1n) is 6.74. The molecule has 0 saturated carbocycles. The van der Waals surface area contributed by atoms with Crippen LogP contribution in [0.2, 0.25) is 5.15 Å². The topological polar surface area (TPSA) is 30.7 Å². The van der Waals surface area contributed by atoms with Crippen LogP contribution in [0.15, 0.2) is 23.5 Å². The van der Waals surface area contributed by atoms with Gasteiger partial charge in [0.15, 0.2) is 5.16 Å². The number of aromatic nitrogens is 3. The van der Waals surface area contributed by atoms with Gasteiger partial charge in [0.25, 0.3) is 0 Å². The highest BCUT2D eigenvalue weighted by atomic mass is 35.5. The van der Waals surface area contributed by atoms with Gasteiger partial charge < -0.3 is 4.57 Å². The number of rotatable bonds is 5. The van der Waals surface area contributed by atoms with E-state index in [2.05, 4.69) is 42.2 Å². The summed E-state index contributed by atoms with van der Waals surface area (Å²) in [7, 11) is 0. The Labute approximate surface area is 129 Å². The minimum atomic E-state index is 0.534. The number of hydrogen-bond donors (Lipinski definition) is 0. The Morgan fingerprint density at radius 2 is 2.05 bits per heavy atom. The third-order valence-electron chi connectivity index (χ3n) is 3.13. The van der Waals surface area contributed by atoms with Gasteiger partial charge in [-0.05, 0) is 31.4 Å². The van der Waals surface area contributed by atoms with E-state index in [9.17, 15) is 0 Å². The van der Waals surface area contributed by atoms with Crippen LogP contribution in [0.25, 0.3) is 0 Å². The van der Waals surface area contributed by atoms with Crippen molar-refractivity contribution in [2.24, 2.45) is 5.92 Å². The molecular weight excluding hydrogens is 290 g/mol. The second kappa shape index (κ2) is 6.64. The van der Waals surface area contributed by atoms with Crippen LogP contribution in [0.3, 0.4) is 0 Å². The molecule has 2 rings (SSSR count). The first-order chi connectivity index (χ1) is 9.47. The van der Waals surface area contributed by atoms with Crippen molar-refractivity contribution >= 4 is 23.4 Å². The second-order valence-electron chi connectivity index (χ2n) is 5.35. The summed E-state index contributed by atoms with van der Waals surface area (Å²) in [4.78, 5) is 8.79. The number of pyridine rings is 1. The van der Waals surface area contributed by atoms with E-state index in [1.54, 1.807) is 11.8 Å². The maximum absolute atomic E-state index is 5.80. The van der Waals surface area contributed by atoms with Crippen molar-refractivity contribution in [3.05, 3.63) is 40.4 Å². The Morgan fingerprint density at radius 1 is 1.30 bits per heavy atom. The lowest BCUT2D eigenvalue weighted by Crippen LogP contribution is -2.07. The molecule has 108 valence electrons. The van der Waals surface area contributed by atoms with E-state index in [4.69, 9.17) is 11.6 Å². The van der Waals surface area contributed by atoms with Gasteiger partial charge in [0.2, 0.25) is 0 Å².